The molecule has 2 N–H and O–H groups in total. The van der Waals surface area contributed by atoms with Gasteiger partial charge in [-0.25, -0.2) is 0 Å². The molecule has 6 nitrogen and oxygen atoms in total. The lowest BCUT2D eigenvalue weighted by Crippen LogP contribution is -2.17. The number of rotatable bonds is 0. The minimum Gasteiger partial charge on any atom is -0.481 e. The molecule has 0 saturated carbocycles. The zero-order valence-corrected chi connectivity index (χ0v) is 10.3. The number of fused-ring (bicyclic) bond motifs is 1. The lowest BCUT2D eigenvalue weighted by molar-refractivity contribution is -0.134. The number of halogens is 1. The zero-order valence-electron chi connectivity index (χ0n) is 8.69. The number of aromatic nitrogens is 3. The van der Waals surface area contributed by atoms with E-state index >= 15 is 0 Å². The molecule has 0 amide bonds. The molecule has 2 rings (SSSR count). The summed E-state index contributed by atoms with van der Waals surface area (Å²) in [5.74, 6) is -0.833. The molecule has 0 bridgehead atoms. The largest absolute Gasteiger partial charge is 0.481 e. The number of hydrogen-bond acceptors (Lipinski definition) is 3. The molecule has 0 radical (unpaired) electrons. The Balaban J connectivity index is 0.000000280. The quantitative estimate of drug-likeness (QED) is 0.760. The summed E-state index contributed by atoms with van der Waals surface area (Å²) in [7, 11) is 1.70. The average Bonchev–Trinajstić information content (AvgIpc) is 2.61. The van der Waals surface area contributed by atoms with E-state index in [2.05, 4.69) is 26.1 Å². The van der Waals surface area contributed by atoms with Crippen LogP contribution >= 0.6 is 15.9 Å². The average molecular weight is 288 g/mol. The first-order chi connectivity index (χ1) is 7.43. The Hall–Kier alpha value is -1.63. The van der Waals surface area contributed by atoms with Crippen LogP contribution in [0.2, 0.25) is 0 Å². The lowest BCUT2D eigenvalue weighted by Gasteiger charge is -1.98. The van der Waals surface area contributed by atoms with Gasteiger partial charge in [0.2, 0.25) is 0 Å². The van der Waals surface area contributed by atoms with Gasteiger partial charge in [0.05, 0.1) is 10.7 Å². The molecule has 0 atom stereocenters. The fraction of sp³-hybridized carbons (Fsp3) is 0.222. The third-order valence-electron chi connectivity index (χ3n) is 1.77. The second-order valence-electron chi connectivity index (χ2n) is 3.05. The summed E-state index contributed by atoms with van der Waals surface area (Å²) in [5.41, 5.74) is 0.676. The molecular formula is C9H10BrN3O3. The number of nitrogens with zero attached hydrogens (tertiary/aromatic N) is 2. The van der Waals surface area contributed by atoms with Crippen LogP contribution in [0.3, 0.4) is 0 Å². The van der Waals surface area contributed by atoms with E-state index in [1.54, 1.807) is 19.3 Å². The van der Waals surface area contributed by atoms with Crippen LogP contribution in [0.1, 0.15) is 6.92 Å². The predicted molar refractivity (Wildman–Crippen MR) is 62.3 cm³/mol. The number of aromatic amines is 1. The zero-order chi connectivity index (χ0) is 12.3. The van der Waals surface area contributed by atoms with Crippen LogP contribution in [0, 0.1) is 0 Å². The van der Waals surface area contributed by atoms with Crippen molar-refractivity contribution in [2.45, 2.75) is 6.92 Å². The monoisotopic (exact) mass is 287 g/mol. The minimum atomic E-state index is -0.833. The smallest absolute Gasteiger partial charge is 0.300 e. The minimum absolute atomic E-state index is 0.0632. The SMILES string of the molecule is CC(=O)O.Cn1c(=O)c(Br)cc2cn[nH]c21. The highest BCUT2D eigenvalue weighted by atomic mass is 79.9. The predicted octanol–water partition coefficient (Wildman–Crippen LogP) is 1.11. The molecular weight excluding hydrogens is 278 g/mol. The number of carboxylic acids is 1. The molecule has 2 heterocycles. The Morgan fingerprint density at radius 1 is 1.62 bits per heavy atom. The molecule has 0 fully saturated rings. The van der Waals surface area contributed by atoms with E-state index in [9.17, 15) is 4.79 Å². The Morgan fingerprint density at radius 3 is 2.75 bits per heavy atom. The van der Waals surface area contributed by atoms with Crippen molar-refractivity contribution in [3.05, 3.63) is 27.1 Å². The molecule has 86 valence electrons. The van der Waals surface area contributed by atoms with E-state index in [0.717, 1.165) is 18.0 Å². The molecule has 0 saturated heterocycles. The molecule has 0 aliphatic heterocycles. The van der Waals surface area contributed by atoms with E-state index in [1.807, 2.05) is 0 Å². The highest BCUT2D eigenvalue weighted by Crippen LogP contribution is 2.12. The lowest BCUT2D eigenvalue weighted by atomic mass is 10.3. The van der Waals surface area contributed by atoms with E-state index in [-0.39, 0.29) is 5.56 Å². The number of H-pyrrole nitrogens is 1. The Kier molecular flexibility index (Phi) is 3.83. The number of hydrogen-bond donors (Lipinski definition) is 2. The second-order valence-corrected chi connectivity index (χ2v) is 3.90. The number of nitrogens with one attached hydrogen (secondary N) is 1. The van der Waals surface area contributed by atoms with Gasteiger partial charge in [-0.3, -0.25) is 19.3 Å². The van der Waals surface area contributed by atoms with Crippen molar-refractivity contribution in [1.82, 2.24) is 14.8 Å². The van der Waals surface area contributed by atoms with Crippen LogP contribution in [0.4, 0.5) is 0 Å². The maximum atomic E-state index is 11.3. The number of carbonyl (C=O) groups is 1. The molecule has 0 aromatic carbocycles. The van der Waals surface area contributed by atoms with Crippen LogP contribution in [0.25, 0.3) is 11.0 Å². The van der Waals surface area contributed by atoms with Crippen LogP contribution in [0.15, 0.2) is 21.5 Å². The fourth-order valence-corrected chi connectivity index (χ4v) is 1.64. The normalized spacial score (nSPS) is 9.69. The summed E-state index contributed by atoms with van der Waals surface area (Å²) in [6, 6.07) is 1.75. The van der Waals surface area contributed by atoms with Crippen molar-refractivity contribution in [3.8, 4) is 0 Å². The van der Waals surface area contributed by atoms with Crippen molar-refractivity contribution < 1.29 is 9.90 Å². The van der Waals surface area contributed by atoms with Crippen molar-refractivity contribution in [1.29, 1.82) is 0 Å². The highest BCUT2D eigenvalue weighted by molar-refractivity contribution is 9.10. The Bertz CT molecular complexity index is 569. The van der Waals surface area contributed by atoms with Gasteiger partial charge < -0.3 is 5.11 Å². The first kappa shape index (κ1) is 12.4. The van der Waals surface area contributed by atoms with Crippen molar-refractivity contribution in [3.63, 3.8) is 0 Å². The number of carboxylic acid groups (broad SMARTS) is 1. The van der Waals surface area contributed by atoms with Crippen molar-refractivity contribution in [2.75, 3.05) is 0 Å². The van der Waals surface area contributed by atoms with Gasteiger partial charge in [-0.2, -0.15) is 5.10 Å². The maximum Gasteiger partial charge on any atom is 0.300 e. The van der Waals surface area contributed by atoms with Gasteiger partial charge in [-0.15, -0.1) is 0 Å². The molecule has 16 heavy (non-hydrogen) atoms. The standard InChI is InChI=1S/C7H6BrN3O.C2H4O2/c1-11-6-4(3-9-10-6)2-5(8)7(11)12;1-2(3)4/h2-3H,1H3,(H,9,10);1H3,(H,3,4). The molecule has 7 heteroatoms. The van der Waals surface area contributed by atoms with E-state index in [0.29, 0.717) is 4.47 Å². The Labute approximate surface area is 99.0 Å². The van der Waals surface area contributed by atoms with Gasteiger partial charge in [-0.1, -0.05) is 0 Å². The summed E-state index contributed by atoms with van der Waals surface area (Å²) < 4.78 is 2.07. The van der Waals surface area contributed by atoms with E-state index in [1.165, 1.54) is 4.57 Å². The molecule has 2 aromatic heterocycles. The van der Waals surface area contributed by atoms with Crippen molar-refractivity contribution in [2.24, 2.45) is 7.05 Å². The van der Waals surface area contributed by atoms with E-state index < -0.39 is 5.97 Å². The fourth-order valence-electron chi connectivity index (χ4n) is 1.12. The first-order valence-corrected chi connectivity index (χ1v) is 5.11. The molecule has 2 aromatic rings. The van der Waals surface area contributed by atoms with Gasteiger partial charge in [0.1, 0.15) is 5.65 Å². The molecule has 0 aliphatic rings. The van der Waals surface area contributed by atoms with Gasteiger partial charge in [0.25, 0.3) is 11.5 Å². The number of aliphatic carboxylic acids is 1. The number of aryl methyl sites for hydroxylation is 1. The third-order valence-corrected chi connectivity index (χ3v) is 2.34. The molecule has 0 aliphatic carbocycles. The van der Waals surface area contributed by atoms with Gasteiger partial charge in [-0.05, 0) is 22.0 Å². The van der Waals surface area contributed by atoms with Crippen molar-refractivity contribution >= 4 is 32.9 Å². The van der Waals surface area contributed by atoms with Gasteiger partial charge in [0, 0.05) is 19.4 Å². The Morgan fingerprint density at radius 2 is 2.19 bits per heavy atom. The summed E-state index contributed by atoms with van der Waals surface area (Å²) >= 11 is 3.18. The van der Waals surface area contributed by atoms with E-state index in [4.69, 9.17) is 9.90 Å². The molecule has 0 spiro atoms. The van der Waals surface area contributed by atoms with Crippen LogP contribution in [0.5, 0.6) is 0 Å². The summed E-state index contributed by atoms with van der Waals surface area (Å²) in [6.07, 6.45) is 1.68. The topological polar surface area (TPSA) is 88.0 Å². The third kappa shape index (κ3) is 2.69. The summed E-state index contributed by atoms with van der Waals surface area (Å²) in [4.78, 5) is 20.3. The summed E-state index contributed by atoms with van der Waals surface area (Å²) in [6.45, 7) is 1.08. The first-order valence-electron chi connectivity index (χ1n) is 4.31. The maximum absolute atomic E-state index is 11.3. The van der Waals surface area contributed by atoms with Crippen LogP contribution < -0.4 is 5.56 Å². The van der Waals surface area contributed by atoms with Crippen LogP contribution in [-0.4, -0.2) is 25.8 Å². The summed E-state index contributed by atoms with van der Waals surface area (Å²) in [5, 5.41) is 14.9. The number of pyridine rings is 1. The van der Waals surface area contributed by atoms with Gasteiger partial charge in [0.15, 0.2) is 0 Å². The highest BCUT2D eigenvalue weighted by Gasteiger charge is 2.04. The second kappa shape index (κ2) is 4.93. The molecule has 0 unspecified atom stereocenters. The van der Waals surface area contributed by atoms with Crippen LogP contribution in [-0.2, 0) is 11.8 Å². The van der Waals surface area contributed by atoms with Gasteiger partial charge >= 0.3 is 0 Å².